The predicted molar refractivity (Wildman–Crippen MR) is 82.3 cm³/mol. The molecule has 6 nitrogen and oxygen atoms in total. The molecular weight excluding hydrogens is 270 g/mol. The van der Waals surface area contributed by atoms with Crippen molar-refractivity contribution in [2.24, 2.45) is 11.3 Å². The molecule has 6 heteroatoms. The molecule has 0 aromatic carbocycles. The van der Waals surface area contributed by atoms with Crippen LogP contribution in [0.4, 0.5) is 4.79 Å². The lowest BCUT2D eigenvalue weighted by molar-refractivity contribution is -0.143. The molecule has 1 atom stereocenters. The minimum atomic E-state index is -0.813. The standard InChI is InChI=1S/C15H29N3O3/c1-11(2)15(4,5)10-16-14(21)18-8-6-17(7-9-18)12(3)13(19)20/h11-12H,6-10H2,1-5H3,(H,16,21)(H,19,20). The summed E-state index contributed by atoms with van der Waals surface area (Å²) in [5.74, 6) is -0.322. The molecule has 1 aliphatic heterocycles. The number of rotatable bonds is 5. The Labute approximate surface area is 127 Å². The predicted octanol–water partition coefficient (Wildman–Crippen LogP) is 1.47. The van der Waals surface area contributed by atoms with E-state index in [2.05, 4.69) is 33.0 Å². The molecule has 0 aromatic rings. The first-order valence-corrected chi connectivity index (χ1v) is 7.65. The number of nitrogens with one attached hydrogen (secondary N) is 1. The van der Waals surface area contributed by atoms with Crippen LogP contribution in [0.1, 0.15) is 34.6 Å². The summed E-state index contributed by atoms with van der Waals surface area (Å²) in [6, 6.07) is -0.540. The summed E-state index contributed by atoms with van der Waals surface area (Å²) in [6.45, 7) is 13.3. The summed E-state index contributed by atoms with van der Waals surface area (Å²) in [5.41, 5.74) is 0.0648. The normalized spacial score (nSPS) is 18.7. The quantitative estimate of drug-likeness (QED) is 0.806. The maximum atomic E-state index is 12.2. The molecule has 1 saturated heterocycles. The highest BCUT2D eigenvalue weighted by molar-refractivity contribution is 5.75. The van der Waals surface area contributed by atoms with Gasteiger partial charge in [-0.15, -0.1) is 0 Å². The Kier molecular flexibility index (Phi) is 6.01. The van der Waals surface area contributed by atoms with Gasteiger partial charge in [-0.05, 0) is 18.3 Å². The highest BCUT2D eigenvalue weighted by Crippen LogP contribution is 2.24. The van der Waals surface area contributed by atoms with Crippen molar-refractivity contribution in [3.8, 4) is 0 Å². The Hall–Kier alpha value is -1.30. The first-order valence-electron chi connectivity index (χ1n) is 7.65. The number of piperazine rings is 1. The minimum absolute atomic E-state index is 0.0497. The van der Waals surface area contributed by atoms with E-state index in [-0.39, 0.29) is 11.4 Å². The number of hydrogen-bond donors (Lipinski definition) is 2. The first kappa shape index (κ1) is 17.8. The number of hydrogen-bond acceptors (Lipinski definition) is 3. The van der Waals surface area contributed by atoms with E-state index < -0.39 is 12.0 Å². The third kappa shape index (κ3) is 4.88. The van der Waals surface area contributed by atoms with Gasteiger partial charge in [0.05, 0.1) is 0 Å². The van der Waals surface area contributed by atoms with Crippen molar-refractivity contribution in [1.29, 1.82) is 0 Å². The van der Waals surface area contributed by atoms with Crippen molar-refractivity contribution < 1.29 is 14.7 Å². The van der Waals surface area contributed by atoms with Gasteiger partial charge in [-0.1, -0.05) is 27.7 Å². The van der Waals surface area contributed by atoms with E-state index in [0.29, 0.717) is 38.6 Å². The van der Waals surface area contributed by atoms with Crippen molar-refractivity contribution in [3.05, 3.63) is 0 Å². The molecule has 1 fully saturated rings. The van der Waals surface area contributed by atoms with Gasteiger partial charge in [0.15, 0.2) is 0 Å². The van der Waals surface area contributed by atoms with Gasteiger partial charge < -0.3 is 15.3 Å². The third-order valence-electron chi connectivity index (χ3n) is 4.76. The molecule has 0 aromatic heterocycles. The summed E-state index contributed by atoms with van der Waals surface area (Å²) in [5, 5.41) is 12.0. The molecule has 2 N–H and O–H groups in total. The lowest BCUT2D eigenvalue weighted by Gasteiger charge is -2.37. The average Bonchev–Trinajstić information content (AvgIpc) is 2.44. The molecule has 1 unspecified atom stereocenters. The summed E-state index contributed by atoms with van der Waals surface area (Å²) in [4.78, 5) is 26.8. The molecule has 0 radical (unpaired) electrons. The SMILES string of the molecule is CC(C(=O)O)N1CCN(C(=O)NCC(C)(C)C(C)C)CC1. The van der Waals surface area contributed by atoms with Crippen LogP contribution in [-0.4, -0.2) is 65.7 Å². The molecule has 2 amide bonds. The maximum absolute atomic E-state index is 12.2. The number of nitrogens with zero attached hydrogens (tertiary/aromatic N) is 2. The van der Waals surface area contributed by atoms with E-state index in [9.17, 15) is 9.59 Å². The minimum Gasteiger partial charge on any atom is -0.480 e. The number of amides is 2. The van der Waals surface area contributed by atoms with E-state index in [1.807, 2.05) is 4.90 Å². The van der Waals surface area contributed by atoms with Crippen LogP contribution < -0.4 is 5.32 Å². The Morgan fingerprint density at radius 2 is 1.67 bits per heavy atom. The average molecular weight is 299 g/mol. The van der Waals surface area contributed by atoms with Crippen LogP contribution in [-0.2, 0) is 4.79 Å². The number of carbonyl (C=O) groups is 2. The zero-order valence-corrected chi connectivity index (χ0v) is 13.8. The van der Waals surface area contributed by atoms with Crippen LogP contribution in [0.25, 0.3) is 0 Å². The van der Waals surface area contributed by atoms with E-state index >= 15 is 0 Å². The fourth-order valence-electron chi connectivity index (χ4n) is 2.09. The molecule has 0 bridgehead atoms. The third-order valence-corrected chi connectivity index (χ3v) is 4.76. The van der Waals surface area contributed by atoms with Crippen LogP contribution in [0.5, 0.6) is 0 Å². The van der Waals surface area contributed by atoms with Crippen molar-refractivity contribution >= 4 is 12.0 Å². The van der Waals surface area contributed by atoms with Gasteiger partial charge in [0, 0.05) is 32.7 Å². The Morgan fingerprint density at radius 3 is 2.10 bits per heavy atom. The molecule has 0 saturated carbocycles. The number of urea groups is 1. The van der Waals surface area contributed by atoms with Crippen LogP contribution >= 0.6 is 0 Å². The van der Waals surface area contributed by atoms with Crippen molar-refractivity contribution in [2.75, 3.05) is 32.7 Å². The Morgan fingerprint density at radius 1 is 1.14 bits per heavy atom. The fraction of sp³-hybridized carbons (Fsp3) is 0.867. The molecule has 21 heavy (non-hydrogen) atoms. The molecule has 122 valence electrons. The molecule has 0 spiro atoms. The summed E-state index contributed by atoms with van der Waals surface area (Å²) in [6.07, 6.45) is 0. The summed E-state index contributed by atoms with van der Waals surface area (Å²) >= 11 is 0. The van der Waals surface area contributed by atoms with Gasteiger partial charge in [0.25, 0.3) is 0 Å². The highest BCUT2D eigenvalue weighted by atomic mass is 16.4. The maximum Gasteiger partial charge on any atom is 0.320 e. The van der Waals surface area contributed by atoms with Gasteiger partial charge in [-0.3, -0.25) is 9.69 Å². The van der Waals surface area contributed by atoms with Gasteiger partial charge in [0.1, 0.15) is 6.04 Å². The second-order valence-corrected chi connectivity index (χ2v) is 6.84. The fourth-order valence-corrected chi connectivity index (χ4v) is 2.09. The van der Waals surface area contributed by atoms with Gasteiger partial charge in [-0.2, -0.15) is 0 Å². The topological polar surface area (TPSA) is 72.9 Å². The van der Waals surface area contributed by atoms with Crippen molar-refractivity contribution in [1.82, 2.24) is 15.1 Å². The molecule has 0 aliphatic carbocycles. The number of carbonyl (C=O) groups excluding carboxylic acids is 1. The second-order valence-electron chi connectivity index (χ2n) is 6.84. The van der Waals surface area contributed by atoms with Crippen LogP contribution in [0.2, 0.25) is 0 Å². The summed E-state index contributed by atoms with van der Waals surface area (Å²) in [7, 11) is 0. The van der Waals surface area contributed by atoms with E-state index in [0.717, 1.165) is 0 Å². The smallest absolute Gasteiger partial charge is 0.320 e. The van der Waals surface area contributed by atoms with Gasteiger partial charge >= 0.3 is 12.0 Å². The lowest BCUT2D eigenvalue weighted by Crippen LogP contribution is -2.55. The monoisotopic (exact) mass is 299 g/mol. The lowest BCUT2D eigenvalue weighted by atomic mass is 9.81. The highest BCUT2D eigenvalue weighted by Gasteiger charge is 2.28. The Balaban J connectivity index is 2.41. The number of carboxylic acid groups (broad SMARTS) is 1. The molecular formula is C15H29N3O3. The number of carboxylic acids is 1. The largest absolute Gasteiger partial charge is 0.480 e. The molecule has 1 aliphatic rings. The zero-order chi connectivity index (χ0) is 16.2. The number of aliphatic carboxylic acids is 1. The second kappa shape index (κ2) is 7.11. The van der Waals surface area contributed by atoms with Crippen molar-refractivity contribution in [3.63, 3.8) is 0 Å². The van der Waals surface area contributed by atoms with E-state index in [1.54, 1.807) is 11.8 Å². The van der Waals surface area contributed by atoms with E-state index in [1.165, 1.54) is 0 Å². The van der Waals surface area contributed by atoms with Gasteiger partial charge in [0.2, 0.25) is 0 Å². The van der Waals surface area contributed by atoms with Crippen LogP contribution in [0.3, 0.4) is 0 Å². The summed E-state index contributed by atoms with van der Waals surface area (Å²) < 4.78 is 0. The Bertz CT molecular complexity index is 374. The zero-order valence-electron chi connectivity index (χ0n) is 13.8. The molecule has 1 heterocycles. The molecule has 1 rings (SSSR count). The van der Waals surface area contributed by atoms with Crippen molar-refractivity contribution in [2.45, 2.75) is 40.7 Å². The van der Waals surface area contributed by atoms with Crippen LogP contribution in [0.15, 0.2) is 0 Å². The van der Waals surface area contributed by atoms with E-state index in [4.69, 9.17) is 5.11 Å². The van der Waals surface area contributed by atoms with Gasteiger partial charge in [-0.25, -0.2) is 4.79 Å². The first-order chi connectivity index (χ1) is 9.65. The van der Waals surface area contributed by atoms with Crippen LogP contribution in [0, 0.1) is 11.3 Å².